The van der Waals surface area contributed by atoms with Crippen molar-refractivity contribution in [3.05, 3.63) is 18.2 Å². The second kappa shape index (κ2) is 5.88. The van der Waals surface area contributed by atoms with E-state index in [2.05, 4.69) is 12.2 Å². The minimum atomic E-state index is -4.23. The molecule has 0 spiro atoms. The number of benzene rings is 1. The zero-order valence-electron chi connectivity index (χ0n) is 9.81. The molecule has 0 unspecified atom stereocenters. The Hall–Kier alpha value is -1.27. The average molecular weight is 258 g/mol. The lowest BCUT2D eigenvalue weighted by Crippen LogP contribution is -2.05. The van der Waals surface area contributed by atoms with Crippen LogP contribution in [0.25, 0.3) is 0 Å². The third-order valence-corrected chi connectivity index (χ3v) is 3.32. The zero-order valence-corrected chi connectivity index (χ0v) is 10.6. The largest absolute Gasteiger partial charge is 0.398 e. The first-order valence-corrected chi connectivity index (χ1v) is 7.00. The lowest BCUT2D eigenvalue weighted by atomic mass is 10.2. The van der Waals surface area contributed by atoms with Gasteiger partial charge in [-0.05, 0) is 24.6 Å². The van der Waals surface area contributed by atoms with Gasteiger partial charge in [-0.3, -0.25) is 4.55 Å². The molecule has 0 aromatic heterocycles. The highest BCUT2D eigenvalue weighted by Gasteiger charge is 2.13. The van der Waals surface area contributed by atoms with Crippen molar-refractivity contribution in [3.63, 3.8) is 0 Å². The normalized spacial score (nSPS) is 11.4. The van der Waals surface area contributed by atoms with Crippen molar-refractivity contribution in [1.29, 1.82) is 0 Å². The van der Waals surface area contributed by atoms with Crippen LogP contribution in [0.1, 0.15) is 26.2 Å². The topological polar surface area (TPSA) is 92.4 Å². The first kappa shape index (κ1) is 13.8. The van der Waals surface area contributed by atoms with Gasteiger partial charge in [0.1, 0.15) is 4.90 Å². The summed E-state index contributed by atoms with van der Waals surface area (Å²) in [5.74, 6) is 0. The number of nitrogen functional groups attached to an aromatic ring is 1. The average Bonchev–Trinajstić information content (AvgIpc) is 2.23. The van der Waals surface area contributed by atoms with Crippen LogP contribution in [0.15, 0.2) is 23.1 Å². The van der Waals surface area contributed by atoms with Crippen molar-refractivity contribution in [3.8, 4) is 0 Å². The fourth-order valence-electron chi connectivity index (χ4n) is 1.50. The van der Waals surface area contributed by atoms with E-state index in [9.17, 15) is 8.42 Å². The molecule has 0 atom stereocenters. The summed E-state index contributed by atoms with van der Waals surface area (Å²) in [6.45, 7) is 2.94. The Morgan fingerprint density at radius 2 is 2.06 bits per heavy atom. The molecule has 1 rings (SSSR count). The van der Waals surface area contributed by atoms with E-state index in [4.69, 9.17) is 10.3 Å². The molecule has 1 aromatic carbocycles. The van der Waals surface area contributed by atoms with Gasteiger partial charge in [0.05, 0.1) is 5.69 Å². The molecule has 17 heavy (non-hydrogen) atoms. The number of nitrogens with two attached hydrogens (primary N) is 1. The van der Waals surface area contributed by atoms with Gasteiger partial charge in [-0.25, -0.2) is 0 Å². The van der Waals surface area contributed by atoms with Crippen LogP contribution in [-0.4, -0.2) is 19.5 Å². The summed E-state index contributed by atoms with van der Waals surface area (Å²) in [6.07, 6.45) is 3.34. The molecule has 0 aliphatic carbocycles. The van der Waals surface area contributed by atoms with Crippen molar-refractivity contribution >= 4 is 21.5 Å². The van der Waals surface area contributed by atoms with Crippen LogP contribution in [0.5, 0.6) is 0 Å². The number of rotatable bonds is 6. The first-order valence-electron chi connectivity index (χ1n) is 5.56. The van der Waals surface area contributed by atoms with Gasteiger partial charge in [0.2, 0.25) is 0 Å². The molecule has 5 nitrogen and oxygen atoms in total. The van der Waals surface area contributed by atoms with Crippen molar-refractivity contribution in [2.75, 3.05) is 17.6 Å². The van der Waals surface area contributed by atoms with E-state index in [0.29, 0.717) is 0 Å². The molecule has 96 valence electrons. The van der Waals surface area contributed by atoms with E-state index in [1.807, 2.05) is 0 Å². The number of hydrogen-bond donors (Lipinski definition) is 3. The molecule has 0 radical (unpaired) electrons. The summed E-state index contributed by atoms with van der Waals surface area (Å²) in [5.41, 5.74) is 6.36. The molecular weight excluding hydrogens is 240 g/mol. The van der Waals surface area contributed by atoms with Gasteiger partial charge in [-0.15, -0.1) is 0 Å². The molecule has 4 N–H and O–H groups in total. The molecule has 0 bridgehead atoms. The van der Waals surface area contributed by atoms with Gasteiger partial charge < -0.3 is 11.1 Å². The highest BCUT2D eigenvalue weighted by Crippen LogP contribution is 2.22. The minimum Gasteiger partial charge on any atom is -0.398 e. The molecule has 0 saturated heterocycles. The van der Waals surface area contributed by atoms with E-state index < -0.39 is 10.1 Å². The summed E-state index contributed by atoms with van der Waals surface area (Å²) >= 11 is 0. The monoisotopic (exact) mass is 258 g/mol. The smallest absolute Gasteiger partial charge is 0.296 e. The van der Waals surface area contributed by atoms with E-state index in [-0.39, 0.29) is 10.6 Å². The summed E-state index contributed by atoms with van der Waals surface area (Å²) in [4.78, 5) is -0.253. The minimum absolute atomic E-state index is 0.0491. The van der Waals surface area contributed by atoms with Crippen LogP contribution in [0.2, 0.25) is 0 Å². The Bertz CT molecular complexity index is 472. The third-order valence-electron chi connectivity index (χ3n) is 2.40. The van der Waals surface area contributed by atoms with Crippen LogP contribution in [0, 0.1) is 0 Å². The summed E-state index contributed by atoms with van der Waals surface area (Å²) in [6, 6.07) is 4.40. The fraction of sp³-hybridized carbons (Fsp3) is 0.455. The molecule has 0 saturated carbocycles. The van der Waals surface area contributed by atoms with Crippen molar-refractivity contribution in [2.45, 2.75) is 31.1 Å². The third kappa shape index (κ3) is 4.24. The Balaban J connectivity index is 2.70. The lowest BCUT2D eigenvalue weighted by Gasteiger charge is -2.08. The van der Waals surface area contributed by atoms with Gasteiger partial charge in [-0.2, -0.15) is 8.42 Å². The second-order valence-electron chi connectivity index (χ2n) is 3.86. The van der Waals surface area contributed by atoms with Gasteiger partial charge in [0.25, 0.3) is 10.1 Å². The Morgan fingerprint density at radius 3 is 2.59 bits per heavy atom. The molecule has 0 fully saturated rings. The Morgan fingerprint density at radius 1 is 1.35 bits per heavy atom. The predicted molar refractivity (Wildman–Crippen MR) is 68.7 cm³/mol. The molecule has 0 amide bonds. The maximum atomic E-state index is 10.9. The quantitative estimate of drug-likeness (QED) is 0.413. The van der Waals surface area contributed by atoms with Gasteiger partial charge in [0.15, 0.2) is 0 Å². The molecular formula is C11H18N2O3S. The second-order valence-corrected chi connectivity index (χ2v) is 5.25. The summed E-state index contributed by atoms with van der Waals surface area (Å²) in [7, 11) is -4.23. The number of anilines is 2. The molecule has 0 aliphatic rings. The molecule has 0 heterocycles. The van der Waals surface area contributed by atoms with E-state index in [0.717, 1.165) is 31.5 Å². The summed E-state index contributed by atoms with van der Waals surface area (Å²) < 4.78 is 30.7. The Kier molecular flexibility index (Phi) is 4.77. The van der Waals surface area contributed by atoms with E-state index in [1.54, 1.807) is 6.07 Å². The lowest BCUT2D eigenvalue weighted by molar-refractivity contribution is 0.483. The SMILES string of the molecule is CCCCCNc1ccc(S(=O)(=O)O)c(N)c1. The molecule has 6 heteroatoms. The summed E-state index contributed by atoms with van der Waals surface area (Å²) in [5, 5.41) is 3.14. The number of hydrogen-bond acceptors (Lipinski definition) is 4. The van der Waals surface area contributed by atoms with E-state index >= 15 is 0 Å². The van der Waals surface area contributed by atoms with Crippen LogP contribution in [0.3, 0.4) is 0 Å². The maximum Gasteiger partial charge on any atom is 0.296 e. The first-order chi connectivity index (χ1) is 7.95. The molecule has 0 aliphatic heterocycles. The van der Waals surface area contributed by atoms with Crippen LogP contribution >= 0.6 is 0 Å². The predicted octanol–water partition coefficient (Wildman–Crippen LogP) is 2.12. The van der Waals surface area contributed by atoms with Gasteiger partial charge in [0, 0.05) is 12.2 Å². The van der Waals surface area contributed by atoms with Gasteiger partial charge in [-0.1, -0.05) is 19.8 Å². The highest BCUT2D eigenvalue weighted by molar-refractivity contribution is 7.86. The standard InChI is InChI=1S/C11H18N2O3S/c1-2-3-4-7-13-9-5-6-11(10(12)8-9)17(14,15)16/h5-6,8,13H,2-4,7,12H2,1H3,(H,14,15,16). The molecule has 1 aromatic rings. The number of nitrogens with one attached hydrogen (secondary N) is 1. The zero-order chi connectivity index (χ0) is 12.9. The van der Waals surface area contributed by atoms with Crippen LogP contribution in [0.4, 0.5) is 11.4 Å². The van der Waals surface area contributed by atoms with Crippen LogP contribution < -0.4 is 11.1 Å². The fourth-order valence-corrected chi connectivity index (χ4v) is 2.10. The van der Waals surface area contributed by atoms with Gasteiger partial charge >= 0.3 is 0 Å². The van der Waals surface area contributed by atoms with Crippen molar-refractivity contribution < 1.29 is 13.0 Å². The highest BCUT2D eigenvalue weighted by atomic mass is 32.2. The van der Waals surface area contributed by atoms with E-state index in [1.165, 1.54) is 12.1 Å². The van der Waals surface area contributed by atoms with Crippen LogP contribution in [-0.2, 0) is 10.1 Å². The van der Waals surface area contributed by atoms with Crippen molar-refractivity contribution in [1.82, 2.24) is 0 Å². The maximum absolute atomic E-state index is 10.9. The van der Waals surface area contributed by atoms with Crippen molar-refractivity contribution in [2.24, 2.45) is 0 Å². The Labute approximate surface area is 102 Å². The number of unbranched alkanes of at least 4 members (excludes halogenated alkanes) is 2.